The monoisotopic (exact) mass is 334 g/mol. The fourth-order valence-electron chi connectivity index (χ4n) is 2.16. The SMILES string of the molecule is O=C1N=C(N2CCSCC2)S/C1=C/c1ccc(C(=O)O)cc1. The van der Waals surface area contributed by atoms with Crippen molar-refractivity contribution < 1.29 is 14.7 Å². The van der Waals surface area contributed by atoms with E-state index in [4.69, 9.17) is 5.11 Å². The lowest BCUT2D eigenvalue weighted by Crippen LogP contribution is -2.35. The summed E-state index contributed by atoms with van der Waals surface area (Å²) in [5.74, 6) is 0.937. The maximum absolute atomic E-state index is 12.0. The van der Waals surface area contributed by atoms with E-state index in [1.54, 1.807) is 18.2 Å². The third-order valence-corrected chi connectivity index (χ3v) is 5.33. The summed E-state index contributed by atoms with van der Waals surface area (Å²) in [6.07, 6.45) is 1.76. The summed E-state index contributed by atoms with van der Waals surface area (Å²) in [5, 5.41) is 9.66. The molecule has 0 aliphatic carbocycles. The molecule has 1 saturated heterocycles. The van der Waals surface area contributed by atoms with E-state index >= 15 is 0 Å². The van der Waals surface area contributed by atoms with Crippen LogP contribution in [-0.2, 0) is 4.79 Å². The first kappa shape index (κ1) is 15.2. The van der Waals surface area contributed by atoms with Crippen molar-refractivity contribution in [3.8, 4) is 0 Å². The lowest BCUT2D eigenvalue weighted by Gasteiger charge is -2.26. The molecule has 0 unspecified atom stereocenters. The van der Waals surface area contributed by atoms with Crippen LogP contribution in [0.2, 0.25) is 0 Å². The van der Waals surface area contributed by atoms with Crippen LogP contribution < -0.4 is 0 Å². The minimum Gasteiger partial charge on any atom is -0.478 e. The van der Waals surface area contributed by atoms with Gasteiger partial charge in [-0.2, -0.15) is 16.8 Å². The molecule has 1 aromatic carbocycles. The molecule has 1 N–H and O–H groups in total. The fraction of sp³-hybridized carbons (Fsp3) is 0.267. The molecular weight excluding hydrogens is 320 g/mol. The first-order valence-electron chi connectivity index (χ1n) is 6.82. The number of carboxylic acid groups (broad SMARTS) is 1. The normalized spacial score (nSPS) is 20.4. The molecule has 0 saturated carbocycles. The Hall–Kier alpha value is -1.73. The highest BCUT2D eigenvalue weighted by Gasteiger charge is 2.26. The van der Waals surface area contributed by atoms with E-state index in [2.05, 4.69) is 9.89 Å². The summed E-state index contributed by atoms with van der Waals surface area (Å²) < 4.78 is 0. The Morgan fingerprint density at radius 2 is 1.91 bits per heavy atom. The van der Waals surface area contributed by atoms with Crippen molar-refractivity contribution in [2.75, 3.05) is 24.6 Å². The molecule has 0 aromatic heterocycles. The maximum Gasteiger partial charge on any atom is 0.335 e. The van der Waals surface area contributed by atoms with Gasteiger partial charge in [0.1, 0.15) is 0 Å². The predicted octanol–water partition coefficient (Wildman–Crippen LogP) is 2.40. The molecule has 1 amide bonds. The first-order chi connectivity index (χ1) is 10.6. The lowest BCUT2D eigenvalue weighted by molar-refractivity contribution is -0.113. The minimum atomic E-state index is -0.959. The molecule has 2 heterocycles. The van der Waals surface area contributed by atoms with Crippen LogP contribution in [0.5, 0.6) is 0 Å². The number of amides is 1. The summed E-state index contributed by atoms with van der Waals surface area (Å²) in [4.78, 5) is 29.7. The third-order valence-electron chi connectivity index (χ3n) is 3.35. The van der Waals surface area contributed by atoms with Crippen molar-refractivity contribution in [2.45, 2.75) is 0 Å². The van der Waals surface area contributed by atoms with Crippen molar-refractivity contribution in [3.63, 3.8) is 0 Å². The van der Waals surface area contributed by atoms with Crippen LogP contribution in [0.15, 0.2) is 34.2 Å². The highest BCUT2D eigenvalue weighted by Crippen LogP contribution is 2.31. The molecule has 7 heteroatoms. The lowest BCUT2D eigenvalue weighted by atomic mass is 10.1. The van der Waals surface area contributed by atoms with Gasteiger partial charge in [0.2, 0.25) is 0 Å². The molecule has 0 atom stereocenters. The Bertz CT molecular complexity index is 662. The summed E-state index contributed by atoms with van der Waals surface area (Å²) in [7, 11) is 0. The van der Waals surface area contributed by atoms with Crippen LogP contribution in [0.4, 0.5) is 0 Å². The number of thioether (sulfide) groups is 2. The van der Waals surface area contributed by atoms with Gasteiger partial charge in [-0.05, 0) is 35.5 Å². The van der Waals surface area contributed by atoms with Crippen LogP contribution in [0, 0.1) is 0 Å². The minimum absolute atomic E-state index is 0.222. The molecule has 22 heavy (non-hydrogen) atoms. The zero-order valence-corrected chi connectivity index (χ0v) is 13.3. The number of rotatable bonds is 2. The number of carboxylic acids is 1. The van der Waals surface area contributed by atoms with Crippen molar-refractivity contribution in [2.24, 2.45) is 4.99 Å². The van der Waals surface area contributed by atoms with E-state index < -0.39 is 5.97 Å². The fourth-order valence-corrected chi connectivity index (χ4v) is 4.03. The van der Waals surface area contributed by atoms with Crippen LogP contribution in [0.3, 0.4) is 0 Å². The molecule has 2 aliphatic rings. The number of aromatic carboxylic acids is 1. The number of benzene rings is 1. The Morgan fingerprint density at radius 1 is 1.23 bits per heavy atom. The highest BCUT2D eigenvalue weighted by atomic mass is 32.2. The van der Waals surface area contributed by atoms with Crippen molar-refractivity contribution in [1.82, 2.24) is 4.90 Å². The molecule has 0 spiro atoms. The van der Waals surface area contributed by atoms with Crippen molar-refractivity contribution in [1.29, 1.82) is 0 Å². The largest absolute Gasteiger partial charge is 0.478 e. The topological polar surface area (TPSA) is 70.0 Å². The number of nitrogens with zero attached hydrogens (tertiary/aromatic N) is 2. The van der Waals surface area contributed by atoms with Crippen molar-refractivity contribution in [3.05, 3.63) is 40.3 Å². The molecule has 0 bridgehead atoms. The maximum atomic E-state index is 12.0. The number of carbonyl (C=O) groups is 2. The molecule has 114 valence electrons. The molecule has 5 nitrogen and oxygen atoms in total. The Kier molecular flexibility index (Phi) is 4.54. The van der Waals surface area contributed by atoms with Gasteiger partial charge in [0.25, 0.3) is 5.91 Å². The van der Waals surface area contributed by atoms with Gasteiger partial charge in [-0.25, -0.2) is 4.79 Å². The van der Waals surface area contributed by atoms with Gasteiger partial charge < -0.3 is 10.0 Å². The summed E-state index contributed by atoms with van der Waals surface area (Å²) >= 11 is 3.30. The summed E-state index contributed by atoms with van der Waals surface area (Å²) in [5.41, 5.74) is 1.03. The standard InChI is InChI=1S/C15H14N2O3S2/c18-13-12(9-10-1-3-11(4-2-10)14(19)20)22-15(16-13)17-5-7-21-8-6-17/h1-4,9H,5-8H2,(H,19,20)/b12-9+. The number of hydrogen-bond acceptors (Lipinski definition) is 5. The van der Waals surface area contributed by atoms with Crippen LogP contribution >= 0.6 is 23.5 Å². The number of aliphatic imine (C=N–C) groups is 1. The second-order valence-corrected chi connectivity index (χ2v) is 7.07. The van der Waals surface area contributed by atoms with Gasteiger partial charge in [-0.15, -0.1) is 0 Å². The highest BCUT2D eigenvalue weighted by molar-refractivity contribution is 8.18. The van der Waals surface area contributed by atoms with Gasteiger partial charge >= 0.3 is 5.97 Å². The van der Waals surface area contributed by atoms with Gasteiger partial charge in [-0.1, -0.05) is 12.1 Å². The Balaban J connectivity index is 1.73. The number of carbonyl (C=O) groups excluding carboxylic acids is 1. The van der Waals surface area contributed by atoms with E-state index in [9.17, 15) is 9.59 Å². The van der Waals surface area contributed by atoms with E-state index in [0.717, 1.165) is 35.3 Å². The summed E-state index contributed by atoms with van der Waals surface area (Å²) in [6.45, 7) is 1.84. The Labute approximate surface area is 136 Å². The first-order valence-corrected chi connectivity index (χ1v) is 8.79. The molecule has 1 fully saturated rings. The van der Waals surface area contributed by atoms with Gasteiger partial charge in [-0.3, -0.25) is 4.79 Å². The average molecular weight is 334 g/mol. The van der Waals surface area contributed by atoms with Gasteiger partial charge in [0.15, 0.2) is 5.17 Å². The van der Waals surface area contributed by atoms with Crippen molar-refractivity contribution >= 4 is 46.6 Å². The van der Waals surface area contributed by atoms with Crippen LogP contribution in [-0.4, -0.2) is 51.6 Å². The second kappa shape index (κ2) is 6.58. The van der Waals surface area contributed by atoms with E-state index in [0.29, 0.717) is 4.91 Å². The second-order valence-electron chi connectivity index (χ2n) is 4.84. The van der Waals surface area contributed by atoms with E-state index in [1.807, 2.05) is 11.8 Å². The smallest absolute Gasteiger partial charge is 0.335 e. The molecule has 2 aliphatic heterocycles. The van der Waals surface area contributed by atoms with E-state index in [1.165, 1.54) is 23.9 Å². The number of amidine groups is 1. The van der Waals surface area contributed by atoms with Crippen LogP contribution in [0.1, 0.15) is 15.9 Å². The third kappa shape index (κ3) is 3.36. The zero-order chi connectivity index (χ0) is 15.5. The predicted molar refractivity (Wildman–Crippen MR) is 90.3 cm³/mol. The molecule has 0 radical (unpaired) electrons. The molecular formula is C15H14N2O3S2. The van der Waals surface area contributed by atoms with Gasteiger partial charge in [0.05, 0.1) is 10.5 Å². The average Bonchev–Trinajstić information content (AvgIpc) is 2.90. The number of hydrogen-bond donors (Lipinski definition) is 1. The van der Waals surface area contributed by atoms with E-state index in [-0.39, 0.29) is 11.5 Å². The van der Waals surface area contributed by atoms with Crippen LogP contribution in [0.25, 0.3) is 6.08 Å². The Morgan fingerprint density at radius 3 is 2.55 bits per heavy atom. The van der Waals surface area contributed by atoms with Gasteiger partial charge in [0, 0.05) is 24.6 Å². The summed E-state index contributed by atoms with van der Waals surface area (Å²) in [6, 6.07) is 6.45. The quantitative estimate of drug-likeness (QED) is 0.838. The zero-order valence-electron chi connectivity index (χ0n) is 11.7. The molecule has 1 aromatic rings. The molecule has 3 rings (SSSR count).